The first kappa shape index (κ1) is 12.1. The predicted octanol–water partition coefficient (Wildman–Crippen LogP) is 1.58. The molecule has 2 aliphatic rings. The van der Waals surface area contributed by atoms with Crippen LogP contribution in [0.5, 0.6) is 0 Å². The molecular formula is C10H15ClN2O2S. The van der Waals surface area contributed by atoms with Crippen molar-refractivity contribution < 1.29 is 8.42 Å². The Bertz CT molecular complexity index is 434. The van der Waals surface area contributed by atoms with Gasteiger partial charge in [-0.3, -0.25) is 0 Å². The smallest absolute Gasteiger partial charge is 0.232 e. The Morgan fingerprint density at radius 1 is 1.50 bits per heavy atom. The summed E-state index contributed by atoms with van der Waals surface area (Å²) in [5.41, 5.74) is 0. The van der Waals surface area contributed by atoms with Crippen LogP contribution in [-0.2, 0) is 9.84 Å². The van der Waals surface area contributed by atoms with Crippen LogP contribution < -0.4 is 0 Å². The molecule has 90 valence electrons. The summed E-state index contributed by atoms with van der Waals surface area (Å²) in [6.07, 6.45) is 3.17. The third kappa shape index (κ3) is 2.04. The topological polar surface area (TPSA) is 49.7 Å². The number of sulfone groups is 1. The molecule has 0 N–H and O–H groups in total. The summed E-state index contributed by atoms with van der Waals surface area (Å²) in [6.45, 7) is 5.04. The highest BCUT2D eigenvalue weighted by atomic mass is 35.5. The Balaban J connectivity index is 2.07. The van der Waals surface area contributed by atoms with Gasteiger partial charge in [-0.05, 0) is 50.0 Å². The van der Waals surface area contributed by atoms with Crippen LogP contribution >= 0.6 is 11.6 Å². The summed E-state index contributed by atoms with van der Waals surface area (Å²) in [6, 6.07) is 0. The predicted molar refractivity (Wildman–Crippen MR) is 65.1 cm³/mol. The average molecular weight is 263 g/mol. The SMILES string of the molecule is CCN1CCC(C2=CN=C(Cl)S2(=O)=O)CC1. The Labute approximate surface area is 101 Å². The molecule has 2 rings (SSSR count). The number of piperidine rings is 1. The number of likely N-dealkylation sites (tertiary alicyclic amines) is 1. The molecule has 0 aromatic carbocycles. The molecule has 2 aliphatic heterocycles. The summed E-state index contributed by atoms with van der Waals surface area (Å²) in [7, 11) is -3.43. The average Bonchev–Trinajstić information content (AvgIpc) is 2.54. The van der Waals surface area contributed by atoms with Crippen LogP contribution in [0.4, 0.5) is 0 Å². The minimum absolute atomic E-state index is 0.0906. The van der Waals surface area contributed by atoms with Crippen molar-refractivity contribution in [2.24, 2.45) is 10.9 Å². The zero-order valence-corrected chi connectivity index (χ0v) is 10.8. The van der Waals surface area contributed by atoms with E-state index in [2.05, 4.69) is 16.8 Å². The van der Waals surface area contributed by atoms with Gasteiger partial charge in [-0.15, -0.1) is 0 Å². The van der Waals surface area contributed by atoms with Gasteiger partial charge >= 0.3 is 0 Å². The Morgan fingerprint density at radius 2 is 2.12 bits per heavy atom. The fourth-order valence-corrected chi connectivity index (χ4v) is 3.78. The number of allylic oxidation sites excluding steroid dienone is 1. The van der Waals surface area contributed by atoms with Gasteiger partial charge in [0.25, 0.3) is 0 Å². The normalized spacial score (nSPS) is 26.6. The van der Waals surface area contributed by atoms with Gasteiger partial charge in [0.05, 0.1) is 4.91 Å². The molecule has 6 heteroatoms. The Hall–Kier alpha value is -0.390. The maximum Gasteiger partial charge on any atom is 0.232 e. The van der Waals surface area contributed by atoms with E-state index in [-0.39, 0.29) is 10.4 Å². The van der Waals surface area contributed by atoms with E-state index in [9.17, 15) is 8.42 Å². The molecule has 0 aromatic heterocycles. The van der Waals surface area contributed by atoms with Crippen molar-refractivity contribution in [3.8, 4) is 0 Å². The molecule has 0 aliphatic carbocycles. The zero-order valence-electron chi connectivity index (χ0n) is 9.19. The maximum absolute atomic E-state index is 11.8. The number of halogens is 1. The van der Waals surface area contributed by atoms with Crippen molar-refractivity contribution in [3.63, 3.8) is 0 Å². The largest absolute Gasteiger partial charge is 0.304 e. The quantitative estimate of drug-likeness (QED) is 0.759. The standard InChI is InChI=1S/C10H15ClN2O2S/c1-2-13-5-3-8(4-6-13)9-7-12-10(11)16(9,14)15/h7-8H,2-6H2,1H3. The van der Waals surface area contributed by atoms with Gasteiger partial charge in [-0.1, -0.05) is 6.92 Å². The van der Waals surface area contributed by atoms with Crippen LogP contribution in [0.3, 0.4) is 0 Å². The molecule has 0 saturated carbocycles. The van der Waals surface area contributed by atoms with Crippen LogP contribution in [0, 0.1) is 5.92 Å². The number of rotatable bonds is 2. The molecule has 4 nitrogen and oxygen atoms in total. The second-order valence-electron chi connectivity index (χ2n) is 4.13. The number of nitrogens with zero attached hydrogens (tertiary/aromatic N) is 2. The first-order valence-electron chi connectivity index (χ1n) is 5.46. The van der Waals surface area contributed by atoms with E-state index in [1.54, 1.807) is 0 Å². The van der Waals surface area contributed by atoms with Crippen molar-refractivity contribution in [2.45, 2.75) is 19.8 Å². The lowest BCUT2D eigenvalue weighted by Gasteiger charge is -2.31. The van der Waals surface area contributed by atoms with Crippen molar-refractivity contribution >= 4 is 25.9 Å². The molecule has 0 unspecified atom stereocenters. The van der Waals surface area contributed by atoms with Gasteiger partial charge < -0.3 is 4.90 Å². The van der Waals surface area contributed by atoms with E-state index in [0.29, 0.717) is 4.91 Å². The minimum atomic E-state index is -3.43. The van der Waals surface area contributed by atoms with E-state index < -0.39 is 9.84 Å². The Kier molecular flexibility index (Phi) is 3.37. The molecule has 2 heterocycles. The van der Waals surface area contributed by atoms with Crippen LogP contribution in [0.2, 0.25) is 0 Å². The summed E-state index contributed by atoms with van der Waals surface area (Å²) in [5.74, 6) is 0.0906. The van der Waals surface area contributed by atoms with Gasteiger partial charge in [0, 0.05) is 6.20 Å². The third-order valence-corrected chi connectivity index (χ3v) is 5.58. The highest BCUT2D eigenvalue weighted by Gasteiger charge is 2.35. The van der Waals surface area contributed by atoms with Gasteiger partial charge in [0.15, 0.2) is 0 Å². The molecule has 0 aromatic rings. The lowest BCUT2D eigenvalue weighted by Crippen LogP contribution is -2.35. The number of hydrogen-bond acceptors (Lipinski definition) is 4. The van der Waals surface area contributed by atoms with E-state index in [0.717, 1.165) is 32.5 Å². The fraction of sp³-hybridized carbons (Fsp3) is 0.700. The highest BCUT2D eigenvalue weighted by Crippen LogP contribution is 2.32. The van der Waals surface area contributed by atoms with E-state index >= 15 is 0 Å². The molecule has 1 fully saturated rings. The van der Waals surface area contributed by atoms with Crippen molar-refractivity contribution in [2.75, 3.05) is 19.6 Å². The summed E-state index contributed by atoms with van der Waals surface area (Å²) >= 11 is 5.57. The molecule has 1 saturated heterocycles. The van der Waals surface area contributed by atoms with E-state index in [1.165, 1.54) is 6.20 Å². The second-order valence-corrected chi connectivity index (χ2v) is 6.57. The van der Waals surface area contributed by atoms with Crippen molar-refractivity contribution in [3.05, 3.63) is 11.1 Å². The van der Waals surface area contributed by atoms with E-state index in [4.69, 9.17) is 11.6 Å². The van der Waals surface area contributed by atoms with Crippen molar-refractivity contribution in [1.82, 2.24) is 4.90 Å². The summed E-state index contributed by atoms with van der Waals surface area (Å²) in [5, 5.41) is 0. The van der Waals surface area contributed by atoms with Crippen LogP contribution in [0.25, 0.3) is 0 Å². The number of aliphatic imine (C=N–C) groups is 1. The molecular weight excluding hydrogens is 248 g/mol. The van der Waals surface area contributed by atoms with Gasteiger partial charge in [-0.25, -0.2) is 13.4 Å². The number of hydrogen-bond donors (Lipinski definition) is 0. The highest BCUT2D eigenvalue weighted by molar-refractivity contribution is 8.12. The first-order chi connectivity index (χ1) is 7.55. The fourth-order valence-electron chi connectivity index (χ4n) is 2.21. The maximum atomic E-state index is 11.8. The second kappa shape index (κ2) is 4.47. The molecule has 0 atom stereocenters. The third-order valence-electron chi connectivity index (χ3n) is 3.26. The van der Waals surface area contributed by atoms with Crippen LogP contribution in [0.1, 0.15) is 19.8 Å². The van der Waals surface area contributed by atoms with Crippen LogP contribution in [-0.4, -0.2) is 37.5 Å². The lowest BCUT2D eigenvalue weighted by molar-refractivity contribution is 0.211. The van der Waals surface area contributed by atoms with Gasteiger partial charge in [-0.2, -0.15) is 0 Å². The molecule has 0 radical (unpaired) electrons. The summed E-state index contributed by atoms with van der Waals surface area (Å²) < 4.78 is 23.3. The molecule has 16 heavy (non-hydrogen) atoms. The van der Waals surface area contributed by atoms with E-state index in [1.807, 2.05) is 0 Å². The molecule has 0 spiro atoms. The van der Waals surface area contributed by atoms with Gasteiger partial charge in [0.2, 0.25) is 14.3 Å². The zero-order chi connectivity index (χ0) is 11.8. The van der Waals surface area contributed by atoms with Gasteiger partial charge in [0.1, 0.15) is 0 Å². The first-order valence-corrected chi connectivity index (χ1v) is 7.32. The Morgan fingerprint density at radius 3 is 2.56 bits per heavy atom. The molecule has 0 bridgehead atoms. The van der Waals surface area contributed by atoms with Crippen LogP contribution in [0.15, 0.2) is 16.1 Å². The summed E-state index contributed by atoms with van der Waals surface area (Å²) in [4.78, 5) is 6.43. The lowest BCUT2D eigenvalue weighted by atomic mass is 9.96. The monoisotopic (exact) mass is 262 g/mol. The minimum Gasteiger partial charge on any atom is -0.304 e. The van der Waals surface area contributed by atoms with Crippen molar-refractivity contribution in [1.29, 1.82) is 0 Å². The molecule has 0 amide bonds.